The third-order valence-electron chi connectivity index (χ3n) is 2.01. The van der Waals surface area contributed by atoms with Gasteiger partial charge >= 0.3 is 0 Å². The Kier molecular flexibility index (Phi) is 5.69. The molecular formula is C9H19N3O3. The van der Waals surface area contributed by atoms with Crippen LogP contribution >= 0.6 is 0 Å². The first-order valence-corrected chi connectivity index (χ1v) is 4.72. The number of rotatable bonds is 5. The predicted octanol–water partition coefficient (Wildman–Crippen LogP) is 0.00470. The van der Waals surface area contributed by atoms with E-state index in [4.69, 9.17) is 15.7 Å². The van der Waals surface area contributed by atoms with E-state index >= 15 is 0 Å². The van der Waals surface area contributed by atoms with Gasteiger partial charge in [0, 0.05) is 14.0 Å². The molecule has 0 aromatic carbocycles. The predicted molar refractivity (Wildman–Crippen MR) is 56.7 cm³/mol. The summed E-state index contributed by atoms with van der Waals surface area (Å²) in [6, 6.07) is -0.533. The van der Waals surface area contributed by atoms with E-state index in [2.05, 4.69) is 5.16 Å². The Morgan fingerprint density at radius 3 is 2.47 bits per heavy atom. The first-order chi connectivity index (χ1) is 6.90. The van der Waals surface area contributed by atoms with Gasteiger partial charge in [0.1, 0.15) is 6.04 Å². The Labute approximate surface area is 89.7 Å². The zero-order valence-electron chi connectivity index (χ0n) is 9.60. The molecule has 0 radical (unpaired) electrons. The molecule has 88 valence electrons. The van der Waals surface area contributed by atoms with Crippen LogP contribution in [0.5, 0.6) is 0 Å². The summed E-state index contributed by atoms with van der Waals surface area (Å²) in [6.45, 7) is 5.37. The average molecular weight is 217 g/mol. The summed E-state index contributed by atoms with van der Waals surface area (Å²) in [5.41, 5.74) is 5.47. The van der Waals surface area contributed by atoms with Crippen LogP contribution in [0.2, 0.25) is 0 Å². The van der Waals surface area contributed by atoms with Crippen LogP contribution in [0.15, 0.2) is 5.16 Å². The van der Waals surface area contributed by atoms with Crippen LogP contribution in [-0.2, 0) is 9.53 Å². The van der Waals surface area contributed by atoms with E-state index in [0.29, 0.717) is 0 Å². The zero-order chi connectivity index (χ0) is 12.0. The molecule has 1 amide bonds. The molecule has 6 heteroatoms. The molecular weight excluding hydrogens is 198 g/mol. The molecule has 0 bridgehead atoms. The molecule has 6 nitrogen and oxygen atoms in total. The number of hydrogen-bond acceptors (Lipinski definition) is 4. The Bertz CT molecular complexity index is 241. The summed E-state index contributed by atoms with van der Waals surface area (Å²) < 4.78 is 5.33. The standard InChI is InChI=1S/C9H19N3O3/c1-6(2)15-5-8(9(10)11-14)12(4)7(3)13/h6,8,14H,5H2,1-4H3,(H2,10,11). The van der Waals surface area contributed by atoms with Gasteiger partial charge in [-0.2, -0.15) is 0 Å². The molecule has 0 fully saturated rings. The Hall–Kier alpha value is -1.30. The van der Waals surface area contributed by atoms with Crippen LogP contribution in [-0.4, -0.2) is 47.7 Å². The Morgan fingerprint density at radius 1 is 1.60 bits per heavy atom. The molecule has 3 N–H and O–H groups in total. The third-order valence-corrected chi connectivity index (χ3v) is 2.01. The van der Waals surface area contributed by atoms with Crippen molar-refractivity contribution in [3.05, 3.63) is 0 Å². The lowest BCUT2D eigenvalue weighted by atomic mass is 10.2. The molecule has 0 saturated carbocycles. The first kappa shape index (κ1) is 13.7. The summed E-state index contributed by atoms with van der Waals surface area (Å²) >= 11 is 0. The van der Waals surface area contributed by atoms with Crippen molar-refractivity contribution in [3.63, 3.8) is 0 Å². The van der Waals surface area contributed by atoms with Crippen molar-refractivity contribution in [2.24, 2.45) is 10.9 Å². The van der Waals surface area contributed by atoms with Gasteiger partial charge in [-0.1, -0.05) is 5.16 Å². The van der Waals surface area contributed by atoms with Crippen molar-refractivity contribution in [1.29, 1.82) is 0 Å². The molecule has 1 atom stereocenters. The quantitative estimate of drug-likeness (QED) is 0.294. The summed E-state index contributed by atoms with van der Waals surface area (Å²) in [5, 5.41) is 11.5. The van der Waals surface area contributed by atoms with E-state index in [-0.39, 0.29) is 24.5 Å². The number of amides is 1. The number of likely N-dealkylation sites (N-methyl/N-ethyl adjacent to an activating group) is 1. The van der Waals surface area contributed by atoms with Gasteiger partial charge in [-0.3, -0.25) is 4.79 Å². The van der Waals surface area contributed by atoms with E-state index in [1.807, 2.05) is 13.8 Å². The number of oxime groups is 1. The Balaban J connectivity index is 4.52. The van der Waals surface area contributed by atoms with Crippen LogP contribution < -0.4 is 5.73 Å². The molecule has 0 aliphatic rings. The number of amidine groups is 1. The lowest BCUT2D eigenvalue weighted by Gasteiger charge is -2.26. The van der Waals surface area contributed by atoms with Gasteiger partial charge in [0.05, 0.1) is 12.7 Å². The fraction of sp³-hybridized carbons (Fsp3) is 0.778. The maximum absolute atomic E-state index is 11.1. The highest BCUT2D eigenvalue weighted by atomic mass is 16.5. The highest BCUT2D eigenvalue weighted by Gasteiger charge is 2.22. The molecule has 0 aromatic rings. The van der Waals surface area contributed by atoms with Gasteiger partial charge < -0.3 is 20.6 Å². The number of nitrogens with two attached hydrogens (primary N) is 1. The largest absolute Gasteiger partial charge is 0.409 e. The van der Waals surface area contributed by atoms with Gasteiger partial charge in [0.25, 0.3) is 0 Å². The van der Waals surface area contributed by atoms with Gasteiger partial charge in [-0.15, -0.1) is 0 Å². The van der Waals surface area contributed by atoms with E-state index in [1.165, 1.54) is 11.8 Å². The second-order valence-electron chi connectivity index (χ2n) is 3.55. The van der Waals surface area contributed by atoms with Gasteiger partial charge in [0.15, 0.2) is 5.84 Å². The second kappa shape index (κ2) is 6.23. The molecule has 0 aliphatic carbocycles. The fourth-order valence-electron chi connectivity index (χ4n) is 0.965. The first-order valence-electron chi connectivity index (χ1n) is 4.72. The minimum atomic E-state index is -0.533. The van der Waals surface area contributed by atoms with Crippen LogP contribution in [0.4, 0.5) is 0 Å². The average Bonchev–Trinajstić information content (AvgIpc) is 2.16. The normalized spacial score (nSPS) is 14.1. The molecule has 0 aromatic heterocycles. The smallest absolute Gasteiger partial charge is 0.219 e. The van der Waals surface area contributed by atoms with Gasteiger partial charge in [-0.25, -0.2) is 0 Å². The monoisotopic (exact) mass is 217 g/mol. The van der Waals surface area contributed by atoms with Gasteiger partial charge in [-0.05, 0) is 13.8 Å². The van der Waals surface area contributed by atoms with E-state index < -0.39 is 6.04 Å². The van der Waals surface area contributed by atoms with Crippen LogP contribution in [0, 0.1) is 0 Å². The number of carbonyl (C=O) groups is 1. The zero-order valence-corrected chi connectivity index (χ0v) is 9.60. The molecule has 15 heavy (non-hydrogen) atoms. The molecule has 0 saturated heterocycles. The molecule has 0 heterocycles. The van der Waals surface area contributed by atoms with Crippen molar-refractivity contribution < 1.29 is 14.7 Å². The summed E-state index contributed by atoms with van der Waals surface area (Å²) in [5.74, 6) is -0.202. The van der Waals surface area contributed by atoms with Crippen molar-refractivity contribution >= 4 is 11.7 Å². The van der Waals surface area contributed by atoms with Crippen LogP contribution in [0.25, 0.3) is 0 Å². The fourth-order valence-corrected chi connectivity index (χ4v) is 0.965. The van der Waals surface area contributed by atoms with E-state index in [9.17, 15) is 4.79 Å². The maximum atomic E-state index is 11.1. The van der Waals surface area contributed by atoms with Gasteiger partial charge in [0.2, 0.25) is 5.91 Å². The van der Waals surface area contributed by atoms with Crippen molar-refractivity contribution in [2.45, 2.75) is 32.9 Å². The highest BCUT2D eigenvalue weighted by Crippen LogP contribution is 2.01. The number of ether oxygens (including phenoxy) is 1. The molecule has 0 rings (SSSR count). The number of nitrogens with zero attached hydrogens (tertiary/aromatic N) is 2. The third kappa shape index (κ3) is 4.64. The number of carbonyl (C=O) groups excluding carboxylic acids is 1. The molecule has 0 spiro atoms. The molecule has 1 unspecified atom stereocenters. The SMILES string of the molecule is CC(=O)N(C)C(COC(C)C)/C(N)=N/O. The summed E-state index contributed by atoms with van der Waals surface area (Å²) in [4.78, 5) is 12.5. The minimum Gasteiger partial charge on any atom is -0.409 e. The van der Waals surface area contributed by atoms with Crippen molar-refractivity contribution in [1.82, 2.24) is 4.90 Å². The van der Waals surface area contributed by atoms with Crippen molar-refractivity contribution in [2.75, 3.05) is 13.7 Å². The van der Waals surface area contributed by atoms with E-state index in [0.717, 1.165) is 0 Å². The lowest BCUT2D eigenvalue weighted by molar-refractivity contribution is -0.129. The Morgan fingerprint density at radius 2 is 2.13 bits per heavy atom. The highest BCUT2D eigenvalue weighted by molar-refractivity contribution is 5.89. The van der Waals surface area contributed by atoms with Crippen LogP contribution in [0.3, 0.4) is 0 Å². The van der Waals surface area contributed by atoms with Crippen LogP contribution in [0.1, 0.15) is 20.8 Å². The topological polar surface area (TPSA) is 88.2 Å². The lowest BCUT2D eigenvalue weighted by Crippen LogP contribution is -2.48. The molecule has 0 aliphatic heterocycles. The van der Waals surface area contributed by atoms with E-state index in [1.54, 1.807) is 7.05 Å². The second-order valence-corrected chi connectivity index (χ2v) is 3.55. The number of hydrogen-bond donors (Lipinski definition) is 2. The van der Waals surface area contributed by atoms with Crippen molar-refractivity contribution in [3.8, 4) is 0 Å². The summed E-state index contributed by atoms with van der Waals surface area (Å²) in [6.07, 6.45) is 0.0272. The minimum absolute atomic E-state index is 0.0272. The summed E-state index contributed by atoms with van der Waals surface area (Å²) in [7, 11) is 1.58. The maximum Gasteiger partial charge on any atom is 0.219 e.